The second kappa shape index (κ2) is 7.61. The van der Waals surface area contributed by atoms with E-state index in [2.05, 4.69) is 62.5 Å². The van der Waals surface area contributed by atoms with Crippen molar-refractivity contribution in [2.24, 2.45) is 0 Å². The third kappa shape index (κ3) is 3.71. The monoisotopic (exact) mass is 287 g/mol. The van der Waals surface area contributed by atoms with Gasteiger partial charge in [0, 0.05) is 15.8 Å². The van der Waals surface area contributed by atoms with Crippen molar-refractivity contribution in [3.8, 4) is 10.4 Å². The second-order valence-corrected chi connectivity index (χ2v) is 6.43. The van der Waals surface area contributed by atoms with Crippen molar-refractivity contribution in [1.29, 1.82) is 0 Å². The molecule has 0 radical (unpaired) electrons. The van der Waals surface area contributed by atoms with Gasteiger partial charge in [-0.15, -0.1) is 11.3 Å². The molecule has 0 saturated heterocycles. The molecule has 2 aromatic rings. The Balaban J connectivity index is 2.20. The predicted octanol–water partition coefficient (Wildman–Crippen LogP) is 5.56. The van der Waals surface area contributed by atoms with Crippen molar-refractivity contribution >= 4 is 11.3 Å². The summed E-state index contributed by atoms with van der Waals surface area (Å²) in [5, 5.41) is 3.68. The summed E-state index contributed by atoms with van der Waals surface area (Å²) in [6.07, 6.45) is 3.63. The van der Waals surface area contributed by atoms with Crippen LogP contribution in [0, 0.1) is 6.92 Å². The number of thiophene rings is 1. The lowest BCUT2D eigenvalue weighted by atomic mass is 10.1. The molecule has 108 valence electrons. The molecule has 1 aromatic carbocycles. The molecular formula is C18H25NS. The second-order valence-electron chi connectivity index (χ2n) is 5.31. The quantitative estimate of drug-likeness (QED) is 0.702. The summed E-state index contributed by atoms with van der Waals surface area (Å²) < 4.78 is 0. The maximum Gasteiger partial charge on any atom is 0.0414 e. The molecule has 0 spiro atoms. The molecule has 1 atom stereocenters. The first-order valence-electron chi connectivity index (χ1n) is 7.65. The molecule has 1 unspecified atom stereocenters. The molecule has 0 saturated carbocycles. The molecule has 20 heavy (non-hydrogen) atoms. The van der Waals surface area contributed by atoms with Gasteiger partial charge in [-0.05, 0) is 49.6 Å². The first-order chi connectivity index (χ1) is 9.76. The summed E-state index contributed by atoms with van der Waals surface area (Å²) in [4.78, 5) is 2.86. The highest BCUT2D eigenvalue weighted by Gasteiger charge is 2.13. The van der Waals surface area contributed by atoms with Crippen molar-refractivity contribution in [1.82, 2.24) is 5.32 Å². The normalized spacial score (nSPS) is 12.6. The van der Waals surface area contributed by atoms with Crippen LogP contribution in [0.1, 0.15) is 49.6 Å². The van der Waals surface area contributed by atoms with Crippen LogP contribution in [0.3, 0.4) is 0 Å². The number of nitrogens with one attached hydrogen (secondary N) is 1. The molecule has 1 nitrogen and oxygen atoms in total. The van der Waals surface area contributed by atoms with Gasteiger partial charge < -0.3 is 5.32 Å². The Kier molecular flexibility index (Phi) is 5.81. The predicted molar refractivity (Wildman–Crippen MR) is 90.4 cm³/mol. The van der Waals surface area contributed by atoms with Gasteiger partial charge in [-0.25, -0.2) is 0 Å². The summed E-state index contributed by atoms with van der Waals surface area (Å²) in [5.41, 5.74) is 2.73. The van der Waals surface area contributed by atoms with E-state index in [-0.39, 0.29) is 0 Å². The minimum absolute atomic E-state index is 0.516. The zero-order valence-corrected chi connectivity index (χ0v) is 13.6. The maximum atomic E-state index is 3.68. The van der Waals surface area contributed by atoms with Crippen LogP contribution in [0.4, 0.5) is 0 Å². The summed E-state index contributed by atoms with van der Waals surface area (Å²) in [5.74, 6) is 0. The van der Waals surface area contributed by atoms with E-state index in [1.165, 1.54) is 40.1 Å². The molecule has 1 N–H and O–H groups in total. The first-order valence-corrected chi connectivity index (χ1v) is 8.47. The molecule has 0 amide bonds. The molecule has 0 bridgehead atoms. The van der Waals surface area contributed by atoms with Crippen LogP contribution in [0.2, 0.25) is 0 Å². The molecule has 2 rings (SSSR count). The molecule has 1 heterocycles. The van der Waals surface area contributed by atoms with Gasteiger partial charge in [0.05, 0.1) is 0 Å². The van der Waals surface area contributed by atoms with Gasteiger partial charge in [-0.2, -0.15) is 0 Å². The van der Waals surface area contributed by atoms with E-state index in [1.807, 2.05) is 11.3 Å². The number of hydrogen-bond acceptors (Lipinski definition) is 2. The fourth-order valence-electron chi connectivity index (χ4n) is 2.49. The number of rotatable bonds is 7. The summed E-state index contributed by atoms with van der Waals surface area (Å²) in [7, 11) is 0. The van der Waals surface area contributed by atoms with E-state index in [0.717, 1.165) is 6.54 Å². The molecule has 0 aliphatic heterocycles. The molecule has 0 aliphatic rings. The third-order valence-electron chi connectivity index (χ3n) is 3.60. The van der Waals surface area contributed by atoms with Crippen LogP contribution >= 0.6 is 11.3 Å². The lowest BCUT2D eigenvalue weighted by Gasteiger charge is -2.16. The zero-order valence-electron chi connectivity index (χ0n) is 12.8. The van der Waals surface area contributed by atoms with Crippen LogP contribution in [0.25, 0.3) is 10.4 Å². The highest BCUT2D eigenvalue weighted by atomic mass is 32.1. The average molecular weight is 287 g/mol. The Morgan fingerprint density at radius 1 is 1.05 bits per heavy atom. The van der Waals surface area contributed by atoms with Crippen LogP contribution in [-0.4, -0.2) is 6.54 Å². The van der Waals surface area contributed by atoms with Crippen molar-refractivity contribution in [3.63, 3.8) is 0 Å². The SMILES string of the molecule is CCCNC(CCC)c1ccc(-c2ccccc2C)s1. The Bertz CT molecular complexity index is 530. The highest BCUT2D eigenvalue weighted by Crippen LogP contribution is 2.34. The number of aryl methyl sites for hydroxylation is 1. The Morgan fingerprint density at radius 2 is 1.85 bits per heavy atom. The highest BCUT2D eigenvalue weighted by molar-refractivity contribution is 7.15. The number of benzene rings is 1. The fourth-order valence-corrected chi connectivity index (χ4v) is 3.69. The van der Waals surface area contributed by atoms with E-state index in [4.69, 9.17) is 0 Å². The molecule has 0 aliphatic carbocycles. The molecule has 2 heteroatoms. The van der Waals surface area contributed by atoms with Gasteiger partial charge >= 0.3 is 0 Å². The van der Waals surface area contributed by atoms with Crippen molar-refractivity contribution in [2.75, 3.05) is 6.54 Å². The van der Waals surface area contributed by atoms with Crippen LogP contribution in [-0.2, 0) is 0 Å². The average Bonchev–Trinajstić information content (AvgIpc) is 2.93. The largest absolute Gasteiger partial charge is 0.309 e. The van der Waals surface area contributed by atoms with Gasteiger partial charge in [-0.3, -0.25) is 0 Å². The summed E-state index contributed by atoms with van der Waals surface area (Å²) >= 11 is 1.94. The third-order valence-corrected chi connectivity index (χ3v) is 4.83. The van der Waals surface area contributed by atoms with Crippen molar-refractivity contribution < 1.29 is 0 Å². The van der Waals surface area contributed by atoms with E-state index in [9.17, 15) is 0 Å². The molecule has 0 fully saturated rings. The lowest BCUT2D eigenvalue weighted by molar-refractivity contribution is 0.501. The maximum absolute atomic E-state index is 3.68. The standard InChI is InChI=1S/C18H25NS/c1-4-8-16(19-13-5-2)18-12-11-17(20-18)15-10-7-6-9-14(15)3/h6-7,9-12,16,19H,4-5,8,13H2,1-3H3. The van der Waals surface area contributed by atoms with Gasteiger partial charge in [0.1, 0.15) is 0 Å². The van der Waals surface area contributed by atoms with E-state index >= 15 is 0 Å². The van der Waals surface area contributed by atoms with Crippen LogP contribution in [0.5, 0.6) is 0 Å². The molecule has 1 aromatic heterocycles. The minimum Gasteiger partial charge on any atom is -0.309 e. The minimum atomic E-state index is 0.516. The fraction of sp³-hybridized carbons (Fsp3) is 0.444. The summed E-state index contributed by atoms with van der Waals surface area (Å²) in [6, 6.07) is 13.7. The van der Waals surface area contributed by atoms with Crippen LogP contribution < -0.4 is 5.32 Å². The van der Waals surface area contributed by atoms with E-state index < -0.39 is 0 Å². The van der Waals surface area contributed by atoms with Gasteiger partial charge in [0.25, 0.3) is 0 Å². The van der Waals surface area contributed by atoms with E-state index in [1.54, 1.807) is 0 Å². The van der Waals surface area contributed by atoms with Crippen molar-refractivity contribution in [3.05, 3.63) is 46.8 Å². The molecular weight excluding hydrogens is 262 g/mol. The summed E-state index contributed by atoms with van der Waals surface area (Å²) in [6.45, 7) is 7.77. The van der Waals surface area contributed by atoms with Crippen LogP contribution in [0.15, 0.2) is 36.4 Å². The smallest absolute Gasteiger partial charge is 0.0414 e. The first kappa shape index (κ1) is 15.3. The van der Waals surface area contributed by atoms with Gasteiger partial charge in [-0.1, -0.05) is 44.5 Å². The lowest BCUT2D eigenvalue weighted by Crippen LogP contribution is -2.21. The zero-order chi connectivity index (χ0) is 14.4. The van der Waals surface area contributed by atoms with E-state index in [0.29, 0.717) is 6.04 Å². The Hall–Kier alpha value is -1.12. The van der Waals surface area contributed by atoms with Gasteiger partial charge in [0.15, 0.2) is 0 Å². The van der Waals surface area contributed by atoms with Crippen molar-refractivity contribution in [2.45, 2.75) is 46.1 Å². The number of hydrogen-bond donors (Lipinski definition) is 1. The Morgan fingerprint density at radius 3 is 2.55 bits per heavy atom. The van der Waals surface area contributed by atoms with Gasteiger partial charge in [0.2, 0.25) is 0 Å². The Labute approximate surface area is 127 Å². The topological polar surface area (TPSA) is 12.0 Å².